The SMILES string of the molecule is C#CC(C)(C)N(C)S(=O)(=O)c1cnc(C)s1. The summed E-state index contributed by atoms with van der Waals surface area (Å²) in [7, 11) is -2.06. The van der Waals surface area contributed by atoms with Gasteiger partial charge in [-0.05, 0) is 20.8 Å². The standard InChI is InChI=1S/C10H14N2O2S2/c1-6-10(3,4)12(5)16(13,14)9-7-11-8(2)15-9/h1,7H,2-5H3. The maximum atomic E-state index is 12.2. The van der Waals surface area contributed by atoms with Crippen LogP contribution in [0.5, 0.6) is 0 Å². The van der Waals surface area contributed by atoms with E-state index in [4.69, 9.17) is 6.42 Å². The molecule has 0 N–H and O–H groups in total. The molecular weight excluding hydrogens is 244 g/mol. The molecule has 0 aliphatic rings. The van der Waals surface area contributed by atoms with Gasteiger partial charge in [0.25, 0.3) is 10.0 Å². The molecule has 0 saturated carbocycles. The van der Waals surface area contributed by atoms with Crippen LogP contribution in [0.4, 0.5) is 0 Å². The van der Waals surface area contributed by atoms with Gasteiger partial charge in [-0.1, -0.05) is 5.92 Å². The normalized spacial score (nSPS) is 12.8. The largest absolute Gasteiger partial charge is 0.255 e. The minimum Gasteiger partial charge on any atom is -0.249 e. The summed E-state index contributed by atoms with van der Waals surface area (Å²) in [6.45, 7) is 5.12. The van der Waals surface area contributed by atoms with E-state index in [0.717, 1.165) is 11.3 Å². The molecule has 0 atom stereocenters. The molecule has 0 bridgehead atoms. The fraction of sp³-hybridized carbons (Fsp3) is 0.500. The van der Waals surface area contributed by atoms with E-state index in [0.29, 0.717) is 5.01 Å². The second-order valence-electron chi connectivity index (χ2n) is 3.87. The van der Waals surface area contributed by atoms with E-state index in [1.54, 1.807) is 20.8 Å². The second-order valence-corrected chi connectivity index (χ2v) is 7.31. The van der Waals surface area contributed by atoms with Crippen molar-refractivity contribution in [3.05, 3.63) is 11.2 Å². The average Bonchev–Trinajstić information content (AvgIpc) is 2.64. The summed E-state index contributed by atoms with van der Waals surface area (Å²) in [5, 5.41) is 0.713. The van der Waals surface area contributed by atoms with Crippen LogP contribution in [0.15, 0.2) is 10.4 Å². The van der Waals surface area contributed by atoms with Gasteiger partial charge in [0, 0.05) is 7.05 Å². The van der Waals surface area contributed by atoms with Gasteiger partial charge in [-0.3, -0.25) is 0 Å². The Morgan fingerprint density at radius 3 is 2.50 bits per heavy atom. The highest BCUT2D eigenvalue weighted by Crippen LogP contribution is 2.26. The molecule has 1 aromatic rings. The minimum absolute atomic E-state index is 0.218. The molecule has 1 rings (SSSR count). The van der Waals surface area contributed by atoms with Gasteiger partial charge < -0.3 is 0 Å². The van der Waals surface area contributed by atoms with Crippen LogP contribution in [0, 0.1) is 19.3 Å². The van der Waals surface area contributed by atoms with Crippen LogP contribution in [0.1, 0.15) is 18.9 Å². The van der Waals surface area contributed by atoms with Crippen molar-refractivity contribution >= 4 is 21.4 Å². The van der Waals surface area contributed by atoms with E-state index in [2.05, 4.69) is 10.9 Å². The lowest BCUT2D eigenvalue weighted by Crippen LogP contribution is -2.43. The van der Waals surface area contributed by atoms with Gasteiger partial charge in [0.2, 0.25) is 0 Å². The predicted octanol–water partition coefficient (Wildman–Crippen LogP) is 1.48. The molecular formula is C10H14N2O2S2. The van der Waals surface area contributed by atoms with Gasteiger partial charge >= 0.3 is 0 Å². The Bertz CT molecular complexity index is 523. The number of rotatable bonds is 3. The summed E-state index contributed by atoms with van der Waals surface area (Å²) in [6.07, 6.45) is 6.68. The molecule has 0 saturated heterocycles. The molecule has 1 aromatic heterocycles. The highest BCUT2D eigenvalue weighted by atomic mass is 32.2. The maximum Gasteiger partial charge on any atom is 0.255 e. The first-order valence-electron chi connectivity index (χ1n) is 4.61. The first-order valence-corrected chi connectivity index (χ1v) is 6.86. The number of aromatic nitrogens is 1. The van der Waals surface area contributed by atoms with Crippen molar-refractivity contribution < 1.29 is 8.42 Å². The summed E-state index contributed by atoms with van der Waals surface area (Å²) >= 11 is 1.14. The average molecular weight is 258 g/mol. The summed E-state index contributed by atoms with van der Waals surface area (Å²) in [6, 6.07) is 0. The number of hydrogen-bond acceptors (Lipinski definition) is 4. The Morgan fingerprint density at radius 1 is 1.56 bits per heavy atom. The Hall–Kier alpha value is -0.900. The highest BCUT2D eigenvalue weighted by molar-refractivity contribution is 7.91. The summed E-state index contributed by atoms with van der Waals surface area (Å²) in [5.74, 6) is 2.45. The molecule has 16 heavy (non-hydrogen) atoms. The fourth-order valence-electron chi connectivity index (χ4n) is 0.987. The van der Waals surface area contributed by atoms with Crippen molar-refractivity contribution in [3.8, 4) is 12.3 Å². The molecule has 1 heterocycles. The van der Waals surface area contributed by atoms with E-state index >= 15 is 0 Å². The zero-order valence-corrected chi connectivity index (χ0v) is 11.3. The number of hydrogen-bond donors (Lipinski definition) is 0. The van der Waals surface area contributed by atoms with E-state index in [-0.39, 0.29) is 4.21 Å². The van der Waals surface area contributed by atoms with Crippen molar-refractivity contribution in [2.75, 3.05) is 7.05 Å². The van der Waals surface area contributed by atoms with Crippen LogP contribution in [0.2, 0.25) is 0 Å². The molecule has 0 aliphatic carbocycles. The second kappa shape index (κ2) is 4.17. The van der Waals surface area contributed by atoms with E-state index in [1.165, 1.54) is 17.5 Å². The van der Waals surface area contributed by atoms with Gasteiger partial charge in [0.05, 0.1) is 16.7 Å². The molecule has 0 aromatic carbocycles. The van der Waals surface area contributed by atoms with Crippen molar-refractivity contribution in [3.63, 3.8) is 0 Å². The van der Waals surface area contributed by atoms with Gasteiger partial charge in [0.1, 0.15) is 0 Å². The van der Waals surface area contributed by atoms with Gasteiger partial charge in [0.15, 0.2) is 4.21 Å². The molecule has 0 aliphatic heterocycles. The minimum atomic E-state index is -3.54. The lowest BCUT2D eigenvalue weighted by molar-refractivity contribution is 0.341. The van der Waals surface area contributed by atoms with Gasteiger partial charge in [-0.25, -0.2) is 13.4 Å². The van der Waals surface area contributed by atoms with Gasteiger partial charge in [-0.15, -0.1) is 17.8 Å². The van der Waals surface area contributed by atoms with Crippen LogP contribution in [0.3, 0.4) is 0 Å². The number of sulfonamides is 1. The van der Waals surface area contributed by atoms with E-state index in [9.17, 15) is 8.42 Å². The Balaban J connectivity index is 3.19. The molecule has 0 fully saturated rings. The molecule has 6 heteroatoms. The Labute approximate surface area is 100 Å². The van der Waals surface area contributed by atoms with Crippen LogP contribution in [-0.2, 0) is 10.0 Å². The third-order valence-electron chi connectivity index (χ3n) is 2.36. The highest BCUT2D eigenvalue weighted by Gasteiger charge is 2.33. The van der Waals surface area contributed by atoms with Crippen molar-refractivity contribution in [2.24, 2.45) is 0 Å². The number of terminal acetylenes is 1. The topological polar surface area (TPSA) is 50.3 Å². The van der Waals surface area contributed by atoms with E-state index < -0.39 is 15.6 Å². The first-order chi connectivity index (χ1) is 7.21. The van der Waals surface area contributed by atoms with Crippen LogP contribution < -0.4 is 0 Å². The summed E-state index contributed by atoms with van der Waals surface area (Å²) in [4.78, 5) is 3.93. The maximum absolute atomic E-state index is 12.2. The number of thiazole rings is 1. The van der Waals surface area contributed by atoms with Crippen LogP contribution in [0.25, 0.3) is 0 Å². The number of aryl methyl sites for hydroxylation is 1. The molecule has 4 nitrogen and oxygen atoms in total. The third kappa shape index (κ3) is 2.26. The molecule has 0 spiro atoms. The lowest BCUT2D eigenvalue weighted by Gasteiger charge is -2.28. The lowest BCUT2D eigenvalue weighted by atomic mass is 10.1. The monoisotopic (exact) mass is 258 g/mol. The molecule has 0 radical (unpaired) electrons. The Kier molecular flexibility index (Phi) is 3.43. The first kappa shape index (κ1) is 13.2. The third-order valence-corrected chi connectivity index (χ3v) is 5.74. The fourth-order valence-corrected chi connectivity index (χ4v) is 3.72. The van der Waals surface area contributed by atoms with Crippen molar-refractivity contribution in [1.29, 1.82) is 0 Å². The van der Waals surface area contributed by atoms with E-state index in [1.807, 2.05) is 0 Å². The quantitative estimate of drug-likeness (QED) is 0.772. The number of nitrogens with zero attached hydrogens (tertiary/aromatic N) is 2. The zero-order valence-electron chi connectivity index (χ0n) is 9.68. The Morgan fingerprint density at radius 2 is 2.12 bits per heavy atom. The summed E-state index contributed by atoms with van der Waals surface area (Å²) < 4.78 is 25.7. The smallest absolute Gasteiger partial charge is 0.249 e. The van der Waals surface area contributed by atoms with Crippen molar-refractivity contribution in [2.45, 2.75) is 30.5 Å². The molecule has 0 unspecified atom stereocenters. The van der Waals surface area contributed by atoms with Crippen molar-refractivity contribution in [1.82, 2.24) is 9.29 Å². The summed E-state index contributed by atoms with van der Waals surface area (Å²) in [5.41, 5.74) is -0.850. The van der Waals surface area contributed by atoms with Gasteiger partial charge in [-0.2, -0.15) is 4.31 Å². The predicted molar refractivity (Wildman–Crippen MR) is 64.7 cm³/mol. The zero-order chi connectivity index (χ0) is 12.6. The van der Waals surface area contributed by atoms with Crippen LogP contribution in [-0.4, -0.2) is 30.3 Å². The molecule has 0 amide bonds. The molecule has 88 valence electrons. The van der Waals surface area contributed by atoms with Crippen LogP contribution >= 0.6 is 11.3 Å².